The molecule has 2 aromatic rings. The van der Waals surface area contributed by atoms with Crippen molar-refractivity contribution in [3.63, 3.8) is 0 Å². The fraction of sp³-hybridized carbons (Fsp3) is 0.111. The van der Waals surface area contributed by atoms with Crippen LogP contribution >= 0.6 is 0 Å². The number of esters is 1. The molecular formula is C18H13NO5. The third-order valence-electron chi connectivity index (χ3n) is 3.64. The van der Waals surface area contributed by atoms with Gasteiger partial charge < -0.3 is 4.74 Å². The number of nitrogens with zero attached hydrogens (tertiary/aromatic N) is 1. The van der Waals surface area contributed by atoms with Gasteiger partial charge in [-0.1, -0.05) is 18.2 Å². The normalized spacial score (nSPS) is 13.7. The molecule has 2 aromatic carbocycles. The van der Waals surface area contributed by atoms with Crippen molar-refractivity contribution >= 4 is 29.3 Å². The molecule has 1 aliphatic heterocycles. The molecule has 0 aromatic heterocycles. The Bertz CT molecular complexity index is 854. The number of carbonyl (C=O) groups excluding carboxylic acids is 4. The lowest BCUT2D eigenvalue weighted by Gasteiger charge is -2.25. The number of amides is 2. The van der Waals surface area contributed by atoms with Crippen LogP contribution in [0, 0.1) is 0 Å². The smallest absolute Gasteiger partial charge is 0.338 e. The van der Waals surface area contributed by atoms with Gasteiger partial charge in [0, 0.05) is 5.56 Å². The van der Waals surface area contributed by atoms with E-state index >= 15 is 0 Å². The molecule has 0 atom stereocenters. The van der Waals surface area contributed by atoms with Crippen molar-refractivity contribution in [2.24, 2.45) is 0 Å². The van der Waals surface area contributed by atoms with E-state index in [4.69, 9.17) is 4.74 Å². The SMILES string of the molecule is CCOC(=O)c1ccc(N2C(=O)C(=O)c3ccccc3C2=O)cc1. The first-order valence-corrected chi connectivity index (χ1v) is 7.34. The highest BCUT2D eigenvalue weighted by atomic mass is 16.5. The Balaban J connectivity index is 1.98. The second kappa shape index (κ2) is 6.08. The number of anilines is 1. The first kappa shape index (κ1) is 15.6. The molecule has 24 heavy (non-hydrogen) atoms. The fourth-order valence-corrected chi connectivity index (χ4v) is 2.49. The molecule has 0 bridgehead atoms. The van der Waals surface area contributed by atoms with Gasteiger partial charge in [-0.15, -0.1) is 0 Å². The van der Waals surface area contributed by atoms with Gasteiger partial charge in [0.2, 0.25) is 0 Å². The minimum absolute atomic E-state index is 0.104. The van der Waals surface area contributed by atoms with Crippen molar-refractivity contribution in [2.75, 3.05) is 11.5 Å². The van der Waals surface area contributed by atoms with Crippen LogP contribution in [0.3, 0.4) is 0 Å². The predicted molar refractivity (Wildman–Crippen MR) is 85.0 cm³/mol. The van der Waals surface area contributed by atoms with Gasteiger partial charge in [-0.3, -0.25) is 14.4 Å². The fourth-order valence-electron chi connectivity index (χ4n) is 2.49. The molecule has 0 radical (unpaired) electrons. The lowest BCUT2D eigenvalue weighted by atomic mass is 9.97. The Morgan fingerprint density at radius 3 is 2.17 bits per heavy atom. The largest absolute Gasteiger partial charge is 0.462 e. The molecule has 6 heteroatoms. The summed E-state index contributed by atoms with van der Waals surface area (Å²) in [5, 5.41) is 0. The molecule has 0 aliphatic carbocycles. The number of carbonyl (C=O) groups is 4. The number of ketones is 1. The van der Waals surface area contributed by atoms with Crippen LogP contribution in [0.2, 0.25) is 0 Å². The van der Waals surface area contributed by atoms with Crippen LogP contribution in [-0.2, 0) is 9.53 Å². The maximum absolute atomic E-state index is 12.6. The van der Waals surface area contributed by atoms with E-state index in [2.05, 4.69) is 0 Å². The van der Waals surface area contributed by atoms with E-state index in [1.165, 1.54) is 36.4 Å². The average Bonchev–Trinajstić information content (AvgIpc) is 2.61. The van der Waals surface area contributed by atoms with Gasteiger partial charge in [0.25, 0.3) is 11.7 Å². The summed E-state index contributed by atoms with van der Waals surface area (Å²) in [7, 11) is 0. The van der Waals surface area contributed by atoms with E-state index < -0.39 is 23.6 Å². The number of hydrogen-bond acceptors (Lipinski definition) is 5. The van der Waals surface area contributed by atoms with E-state index in [1.54, 1.807) is 19.1 Å². The summed E-state index contributed by atoms with van der Waals surface area (Å²) in [6.45, 7) is 1.94. The highest BCUT2D eigenvalue weighted by Crippen LogP contribution is 2.25. The molecule has 1 aliphatic rings. The van der Waals surface area contributed by atoms with Crippen molar-refractivity contribution < 1.29 is 23.9 Å². The minimum Gasteiger partial charge on any atom is -0.462 e. The summed E-state index contributed by atoms with van der Waals surface area (Å²) < 4.78 is 4.88. The molecule has 1 heterocycles. The van der Waals surface area contributed by atoms with Gasteiger partial charge in [0.15, 0.2) is 0 Å². The summed E-state index contributed by atoms with van der Waals surface area (Å²) in [5.41, 5.74) is 0.800. The number of ether oxygens (including phenoxy) is 1. The lowest BCUT2D eigenvalue weighted by Crippen LogP contribution is -2.46. The van der Waals surface area contributed by atoms with Crippen LogP contribution in [0.1, 0.15) is 38.0 Å². The van der Waals surface area contributed by atoms with E-state index in [0.717, 1.165) is 4.90 Å². The Morgan fingerprint density at radius 1 is 0.917 bits per heavy atom. The molecule has 0 spiro atoms. The lowest BCUT2D eigenvalue weighted by molar-refractivity contribution is -0.114. The standard InChI is InChI=1S/C18H13NO5/c1-2-24-18(23)11-7-9-12(10-8-11)19-16(21)14-6-4-3-5-13(14)15(20)17(19)22/h3-10H,2H2,1H3. The van der Waals surface area contributed by atoms with Crippen molar-refractivity contribution in [2.45, 2.75) is 6.92 Å². The summed E-state index contributed by atoms with van der Waals surface area (Å²) in [5.74, 6) is -2.72. The summed E-state index contributed by atoms with van der Waals surface area (Å²) in [6.07, 6.45) is 0. The van der Waals surface area contributed by atoms with Gasteiger partial charge in [-0.25, -0.2) is 9.69 Å². The van der Waals surface area contributed by atoms with Gasteiger partial charge in [0.05, 0.1) is 23.4 Å². The van der Waals surface area contributed by atoms with Gasteiger partial charge >= 0.3 is 11.9 Å². The second-order valence-electron chi connectivity index (χ2n) is 5.09. The summed E-state index contributed by atoms with van der Waals surface area (Å²) in [4.78, 5) is 49.5. The zero-order valence-corrected chi connectivity index (χ0v) is 12.8. The monoisotopic (exact) mass is 323 g/mol. The van der Waals surface area contributed by atoms with Crippen molar-refractivity contribution in [1.82, 2.24) is 0 Å². The molecule has 3 rings (SSSR count). The zero-order chi connectivity index (χ0) is 17.3. The molecule has 0 unspecified atom stereocenters. The first-order valence-electron chi connectivity index (χ1n) is 7.34. The Hall–Kier alpha value is -3.28. The molecule has 6 nitrogen and oxygen atoms in total. The molecule has 2 amide bonds. The third-order valence-corrected chi connectivity index (χ3v) is 3.64. The topological polar surface area (TPSA) is 80.8 Å². The van der Waals surface area contributed by atoms with Crippen molar-refractivity contribution in [1.29, 1.82) is 0 Å². The molecule has 0 saturated carbocycles. The number of imide groups is 1. The quantitative estimate of drug-likeness (QED) is 0.491. The van der Waals surface area contributed by atoms with Gasteiger partial charge in [-0.2, -0.15) is 0 Å². The van der Waals surface area contributed by atoms with Crippen LogP contribution in [-0.4, -0.2) is 30.2 Å². The van der Waals surface area contributed by atoms with E-state index in [-0.39, 0.29) is 23.4 Å². The number of benzene rings is 2. The number of fused-ring (bicyclic) bond motifs is 1. The van der Waals surface area contributed by atoms with Gasteiger partial charge in [0.1, 0.15) is 0 Å². The Labute approximate surface area is 137 Å². The Morgan fingerprint density at radius 2 is 1.54 bits per heavy atom. The Kier molecular flexibility index (Phi) is 3.95. The predicted octanol–water partition coefficient (Wildman–Crippen LogP) is 2.23. The molecule has 0 fully saturated rings. The van der Waals surface area contributed by atoms with Crippen LogP contribution < -0.4 is 4.90 Å². The molecular weight excluding hydrogens is 310 g/mol. The number of Topliss-reactive ketones (excluding diaryl/α,β-unsaturated/α-hetero) is 1. The van der Waals surface area contributed by atoms with E-state index in [1.807, 2.05) is 0 Å². The molecule has 0 saturated heterocycles. The van der Waals surface area contributed by atoms with Crippen LogP contribution in [0.15, 0.2) is 48.5 Å². The van der Waals surface area contributed by atoms with Crippen molar-refractivity contribution in [3.05, 3.63) is 65.2 Å². The number of rotatable bonds is 3. The second-order valence-corrected chi connectivity index (χ2v) is 5.09. The number of hydrogen-bond donors (Lipinski definition) is 0. The van der Waals surface area contributed by atoms with E-state index in [0.29, 0.717) is 5.56 Å². The van der Waals surface area contributed by atoms with Crippen LogP contribution in [0.25, 0.3) is 0 Å². The molecule has 120 valence electrons. The maximum Gasteiger partial charge on any atom is 0.338 e. The van der Waals surface area contributed by atoms with Crippen LogP contribution in [0.5, 0.6) is 0 Å². The highest BCUT2D eigenvalue weighted by Gasteiger charge is 2.38. The zero-order valence-electron chi connectivity index (χ0n) is 12.8. The minimum atomic E-state index is -0.914. The van der Waals surface area contributed by atoms with Gasteiger partial charge in [-0.05, 0) is 37.3 Å². The highest BCUT2D eigenvalue weighted by molar-refractivity contribution is 6.55. The summed E-state index contributed by atoms with van der Waals surface area (Å²) >= 11 is 0. The average molecular weight is 323 g/mol. The third kappa shape index (κ3) is 2.48. The van der Waals surface area contributed by atoms with E-state index in [9.17, 15) is 19.2 Å². The van der Waals surface area contributed by atoms with Crippen LogP contribution in [0.4, 0.5) is 5.69 Å². The first-order chi connectivity index (χ1) is 11.5. The summed E-state index contributed by atoms with van der Waals surface area (Å²) in [6, 6.07) is 11.9. The van der Waals surface area contributed by atoms with Crippen molar-refractivity contribution in [3.8, 4) is 0 Å². The maximum atomic E-state index is 12.6. The molecule has 0 N–H and O–H groups in total.